The van der Waals surface area contributed by atoms with Crippen molar-refractivity contribution in [2.75, 3.05) is 17.2 Å². The number of aliphatic hydroxyl groups is 1. The van der Waals surface area contributed by atoms with E-state index in [1.807, 2.05) is 113 Å². The molecular weight excluding hydrogens is 500 g/mol. The summed E-state index contributed by atoms with van der Waals surface area (Å²) in [6, 6.07) is 34.0. The molecule has 0 fully saturated rings. The highest BCUT2D eigenvalue weighted by Crippen LogP contribution is 2.21. The van der Waals surface area contributed by atoms with Crippen molar-refractivity contribution >= 4 is 23.0 Å². The minimum Gasteiger partial charge on any atom is -0.508 e. The molecule has 0 saturated carbocycles. The van der Waals surface area contributed by atoms with Crippen LogP contribution in [0.3, 0.4) is 0 Å². The van der Waals surface area contributed by atoms with E-state index in [-0.39, 0.29) is 23.5 Å². The van der Waals surface area contributed by atoms with Crippen molar-refractivity contribution in [3.63, 3.8) is 0 Å². The molecule has 0 aromatic heterocycles. The third kappa shape index (κ3) is 11.2. The lowest BCUT2D eigenvalue weighted by Gasteiger charge is -2.20. The molecule has 4 N–H and O–H groups in total. The zero-order valence-electron chi connectivity index (χ0n) is 24.0. The van der Waals surface area contributed by atoms with Gasteiger partial charge in [0, 0.05) is 28.9 Å². The van der Waals surface area contributed by atoms with Crippen LogP contribution in [0.2, 0.25) is 0 Å². The Hall–Kier alpha value is -4.29. The molecule has 6 heteroatoms. The summed E-state index contributed by atoms with van der Waals surface area (Å²) in [7, 11) is 0. The van der Waals surface area contributed by atoms with Crippen LogP contribution >= 0.6 is 0 Å². The van der Waals surface area contributed by atoms with Crippen LogP contribution in [0, 0.1) is 11.8 Å². The molecule has 0 aliphatic rings. The average Bonchev–Trinajstić information content (AvgIpc) is 2.99. The number of para-hydroxylation sites is 2. The first-order valence-corrected chi connectivity index (χ1v) is 13.7. The van der Waals surface area contributed by atoms with Gasteiger partial charge in [0.05, 0.1) is 12.7 Å². The Morgan fingerprint density at radius 2 is 1.23 bits per heavy atom. The molecule has 4 aromatic carbocycles. The summed E-state index contributed by atoms with van der Waals surface area (Å²) < 4.78 is 5.75. The Kier molecular flexibility index (Phi) is 13.8. The first kappa shape index (κ1) is 31.9. The number of aliphatic hydroxyl groups excluding tert-OH is 1. The molecule has 3 atom stereocenters. The molecule has 6 nitrogen and oxygen atoms in total. The topological polar surface area (TPSA) is 90.8 Å². The van der Waals surface area contributed by atoms with Gasteiger partial charge in [0.2, 0.25) is 5.91 Å². The van der Waals surface area contributed by atoms with Crippen LogP contribution in [0.5, 0.6) is 11.5 Å². The Morgan fingerprint density at radius 1 is 0.725 bits per heavy atom. The van der Waals surface area contributed by atoms with Gasteiger partial charge in [-0.15, -0.1) is 0 Å². The molecule has 0 aliphatic carbocycles. The summed E-state index contributed by atoms with van der Waals surface area (Å²) in [5.41, 5.74) is 3.72. The van der Waals surface area contributed by atoms with Gasteiger partial charge in [0.15, 0.2) is 0 Å². The summed E-state index contributed by atoms with van der Waals surface area (Å²) in [6.45, 7) is 9.95. The number of rotatable bonds is 9. The van der Waals surface area contributed by atoms with Crippen molar-refractivity contribution < 1.29 is 19.7 Å². The highest BCUT2D eigenvalue weighted by atomic mass is 16.5. The molecule has 0 heterocycles. The smallest absolute Gasteiger partial charge is 0.227 e. The van der Waals surface area contributed by atoms with Crippen LogP contribution in [0.4, 0.5) is 17.1 Å². The van der Waals surface area contributed by atoms with Crippen LogP contribution in [0.1, 0.15) is 46.3 Å². The minimum absolute atomic E-state index is 0.0218. The third-order valence-corrected chi connectivity index (χ3v) is 6.11. The number of phenols is 1. The summed E-state index contributed by atoms with van der Waals surface area (Å²) >= 11 is 0. The van der Waals surface area contributed by atoms with Crippen LogP contribution < -0.4 is 15.4 Å². The van der Waals surface area contributed by atoms with E-state index in [1.165, 1.54) is 12.1 Å². The van der Waals surface area contributed by atoms with Crippen molar-refractivity contribution in [1.29, 1.82) is 0 Å². The van der Waals surface area contributed by atoms with Gasteiger partial charge >= 0.3 is 0 Å². The van der Waals surface area contributed by atoms with Gasteiger partial charge in [-0.3, -0.25) is 4.79 Å². The number of ether oxygens (including phenoxy) is 1. The molecule has 1 amide bonds. The molecular formula is C34H42N2O4. The van der Waals surface area contributed by atoms with Crippen LogP contribution in [-0.2, 0) is 4.79 Å². The van der Waals surface area contributed by atoms with Gasteiger partial charge < -0.3 is 25.6 Å². The Balaban J connectivity index is 0.000000311. The van der Waals surface area contributed by atoms with Crippen LogP contribution in [0.25, 0.3) is 0 Å². The fourth-order valence-corrected chi connectivity index (χ4v) is 3.48. The highest BCUT2D eigenvalue weighted by Gasteiger charge is 2.21. The Morgan fingerprint density at radius 3 is 1.70 bits per heavy atom. The monoisotopic (exact) mass is 542 g/mol. The number of aromatic hydroxyl groups is 1. The number of nitrogens with one attached hydrogen (secondary N) is 2. The molecule has 4 aromatic rings. The largest absolute Gasteiger partial charge is 0.508 e. The summed E-state index contributed by atoms with van der Waals surface area (Å²) in [6.07, 6.45) is -0.503. The molecule has 40 heavy (non-hydrogen) atoms. The normalized spacial score (nSPS) is 12.2. The number of hydrogen-bond donors (Lipinski definition) is 4. The van der Waals surface area contributed by atoms with E-state index >= 15 is 0 Å². The lowest BCUT2D eigenvalue weighted by Crippen LogP contribution is -2.28. The third-order valence-electron chi connectivity index (χ3n) is 6.11. The molecule has 0 saturated heterocycles. The fourth-order valence-electron chi connectivity index (χ4n) is 3.48. The van der Waals surface area contributed by atoms with Crippen molar-refractivity contribution in [3.8, 4) is 11.5 Å². The lowest BCUT2D eigenvalue weighted by atomic mass is 9.96. The fraction of sp³-hybridized carbons (Fsp3) is 0.265. The second-order valence-corrected chi connectivity index (χ2v) is 9.22. The van der Waals surface area contributed by atoms with E-state index in [9.17, 15) is 15.0 Å². The van der Waals surface area contributed by atoms with E-state index in [0.29, 0.717) is 18.0 Å². The maximum Gasteiger partial charge on any atom is 0.227 e. The summed E-state index contributed by atoms with van der Waals surface area (Å²) in [5.74, 6) is 0.571. The molecule has 212 valence electrons. The second kappa shape index (κ2) is 17.3. The van der Waals surface area contributed by atoms with Crippen molar-refractivity contribution in [1.82, 2.24) is 0 Å². The quantitative estimate of drug-likeness (QED) is 0.160. The van der Waals surface area contributed by atoms with Crippen LogP contribution in [0.15, 0.2) is 109 Å². The number of benzene rings is 4. The maximum absolute atomic E-state index is 12.3. The van der Waals surface area contributed by atoms with Gasteiger partial charge in [-0.05, 0) is 73.2 Å². The minimum atomic E-state index is -0.503. The summed E-state index contributed by atoms with van der Waals surface area (Å²) in [5, 5.41) is 24.9. The number of hydrogen-bond acceptors (Lipinski definition) is 5. The van der Waals surface area contributed by atoms with E-state index in [2.05, 4.69) is 10.6 Å². The number of phenolic OH excluding ortho intramolecular Hbond substituents is 1. The zero-order valence-corrected chi connectivity index (χ0v) is 24.0. The standard InChI is InChI=1S/C20H25NO4.C12H11N.C2H6/c1-13(12-25-19-10-4-16(5-11-19)15(3)22)14(2)20(24)21-17-6-8-18(23)9-7-17;1-3-7-11(8-4-1)13-12-9-5-2-6-10-12;1-2/h4-11,13-15,22-23H,12H2,1-3H3,(H,21,24);1-10,13H;1-2H3. The maximum atomic E-state index is 12.3. The molecule has 3 unspecified atom stereocenters. The number of anilines is 3. The lowest BCUT2D eigenvalue weighted by molar-refractivity contribution is -0.121. The van der Waals surface area contributed by atoms with E-state index in [1.54, 1.807) is 19.1 Å². The molecule has 0 aliphatic heterocycles. The van der Waals surface area contributed by atoms with E-state index < -0.39 is 6.10 Å². The van der Waals surface area contributed by atoms with Gasteiger partial charge in [-0.2, -0.15) is 0 Å². The Bertz CT molecular complexity index is 1190. The SMILES string of the molecule is CC.CC(O)c1ccc(OCC(C)C(C)C(=O)Nc2ccc(O)cc2)cc1.c1ccc(Nc2ccccc2)cc1. The van der Waals surface area contributed by atoms with Crippen molar-refractivity contribution in [2.45, 2.75) is 40.7 Å². The average molecular weight is 543 g/mol. The van der Waals surface area contributed by atoms with Gasteiger partial charge in [-0.25, -0.2) is 0 Å². The zero-order chi connectivity index (χ0) is 29.3. The molecule has 0 bridgehead atoms. The van der Waals surface area contributed by atoms with Crippen LogP contribution in [-0.4, -0.2) is 22.7 Å². The van der Waals surface area contributed by atoms with E-state index in [4.69, 9.17) is 4.74 Å². The summed E-state index contributed by atoms with van der Waals surface area (Å²) in [4.78, 5) is 12.3. The predicted molar refractivity (Wildman–Crippen MR) is 165 cm³/mol. The predicted octanol–water partition coefficient (Wildman–Crippen LogP) is 8.19. The van der Waals surface area contributed by atoms with Crippen molar-refractivity contribution in [2.24, 2.45) is 11.8 Å². The van der Waals surface area contributed by atoms with Gasteiger partial charge in [-0.1, -0.05) is 76.2 Å². The second-order valence-electron chi connectivity index (χ2n) is 9.22. The van der Waals surface area contributed by atoms with Gasteiger partial charge in [0.1, 0.15) is 11.5 Å². The number of amides is 1. The Labute approximate surface area is 238 Å². The van der Waals surface area contributed by atoms with Gasteiger partial charge in [0.25, 0.3) is 0 Å². The highest BCUT2D eigenvalue weighted by molar-refractivity contribution is 5.92. The molecule has 0 radical (unpaired) electrons. The first-order chi connectivity index (χ1) is 19.3. The van der Waals surface area contributed by atoms with E-state index in [0.717, 1.165) is 16.9 Å². The molecule has 4 rings (SSSR count). The van der Waals surface area contributed by atoms with Crippen molar-refractivity contribution in [3.05, 3.63) is 115 Å². The number of carbonyl (C=O) groups is 1. The molecule has 0 spiro atoms. The number of carbonyl (C=O) groups excluding carboxylic acids is 1. The first-order valence-electron chi connectivity index (χ1n) is 13.7.